The van der Waals surface area contributed by atoms with Crippen LogP contribution in [0.15, 0.2) is 115 Å². The predicted octanol–water partition coefficient (Wildman–Crippen LogP) is 6.16. The number of rotatable bonds is 2. The van der Waals surface area contributed by atoms with E-state index in [0.717, 1.165) is 22.6 Å². The molecule has 0 amide bonds. The van der Waals surface area contributed by atoms with Gasteiger partial charge in [-0.3, -0.25) is 0 Å². The zero-order chi connectivity index (χ0) is 24.3. The quantitative estimate of drug-likeness (QED) is 0.311. The summed E-state index contributed by atoms with van der Waals surface area (Å²) in [4.78, 5) is 0. The summed E-state index contributed by atoms with van der Waals surface area (Å²) in [5, 5.41) is 10.6. The summed E-state index contributed by atoms with van der Waals surface area (Å²) in [6.45, 7) is 0. The Morgan fingerprint density at radius 1 is 0.583 bits per heavy atom. The lowest BCUT2D eigenvalue weighted by molar-refractivity contribution is 0.341. The molecule has 172 valence electrons. The second-order valence-corrected chi connectivity index (χ2v) is 9.33. The highest BCUT2D eigenvalue weighted by molar-refractivity contribution is 6.60. The summed E-state index contributed by atoms with van der Waals surface area (Å²) in [6.07, 6.45) is 0. The van der Waals surface area contributed by atoms with Crippen LogP contribution in [0.3, 0.4) is 0 Å². The van der Waals surface area contributed by atoms with E-state index < -0.39 is 12.5 Å². The lowest BCUT2D eigenvalue weighted by atomic mass is 9.61. The van der Waals surface area contributed by atoms with Gasteiger partial charge in [0.2, 0.25) is 0 Å². The van der Waals surface area contributed by atoms with Crippen molar-refractivity contribution in [1.29, 1.82) is 0 Å². The average Bonchev–Trinajstić information content (AvgIpc) is 3.05. The van der Waals surface area contributed by atoms with E-state index in [-0.39, 0.29) is 0 Å². The summed E-state index contributed by atoms with van der Waals surface area (Å²) >= 11 is 0. The lowest BCUT2D eigenvalue weighted by Crippen LogP contribution is -2.38. The molecular formula is C32H23BO3. The molecular weight excluding hydrogens is 443 g/mol. The van der Waals surface area contributed by atoms with Gasteiger partial charge in [0.25, 0.3) is 0 Å². The summed E-state index contributed by atoms with van der Waals surface area (Å²) in [5.74, 6) is 1.61. The fraction of sp³-hybridized carbons (Fsp3) is 0.0625. The minimum Gasteiger partial charge on any atom is -0.457 e. The average molecular weight is 466 g/mol. The number of hydrogen-bond donors (Lipinski definition) is 1. The molecule has 1 aliphatic heterocycles. The summed E-state index contributed by atoms with van der Waals surface area (Å²) in [5.41, 5.74) is 9.24. The van der Waals surface area contributed by atoms with E-state index in [1.807, 2.05) is 30.3 Å². The molecule has 36 heavy (non-hydrogen) atoms. The third-order valence-corrected chi connectivity index (χ3v) is 7.60. The highest BCUT2D eigenvalue weighted by atomic mass is 16.5. The van der Waals surface area contributed by atoms with Gasteiger partial charge in [-0.05, 0) is 51.0 Å². The first-order valence-corrected chi connectivity index (χ1v) is 12.1. The first kappa shape index (κ1) is 21.2. The Labute approximate surface area is 210 Å². The number of hydrogen-bond acceptors (Lipinski definition) is 3. The zero-order valence-corrected chi connectivity index (χ0v) is 19.8. The summed E-state index contributed by atoms with van der Waals surface area (Å²) in [6, 6.07) is 40.2. The largest absolute Gasteiger partial charge is 0.490 e. The third-order valence-electron chi connectivity index (χ3n) is 7.60. The van der Waals surface area contributed by atoms with Crippen molar-refractivity contribution in [2.45, 2.75) is 5.41 Å². The molecule has 0 aromatic heterocycles. The number of fused-ring (bicyclic) bond motifs is 11. The van der Waals surface area contributed by atoms with Gasteiger partial charge in [0, 0.05) is 18.2 Å². The van der Waals surface area contributed by atoms with Gasteiger partial charge in [0.1, 0.15) is 11.5 Å². The molecule has 0 fully saturated rings. The molecule has 5 aromatic rings. The fourth-order valence-corrected chi connectivity index (χ4v) is 6.12. The molecule has 0 unspecified atom stereocenters. The van der Waals surface area contributed by atoms with Crippen LogP contribution < -0.4 is 10.2 Å². The maximum Gasteiger partial charge on any atom is 0.490 e. The van der Waals surface area contributed by atoms with E-state index in [2.05, 4.69) is 84.9 Å². The van der Waals surface area contributed by atoms with E-state index in [4.69, 9.17) is 9.39 Å². The van der Waals surface area contributed by atoms with Crippen molar-refractivity contribution in [3.8, 4) is 33.8 Å². The van der Waals surface area contributed by atoms with Crippen molar-refractivity contribution in [2.75, 3.05) is 7.11 Å². The molecule has 4 heteroatoms. The molecule has 0 saturated carbocycles. The Morgan fingerprint density at radius 2 is 1.08 bits per heavy atom. The van der Waals surface area contributed by atoms with Crippen LogP contribution in [-0.2, 0) is 10.1 Å². The van der Waals surface area contributed by atoms with E-state index in [1.54, 1.807) is 0 Å². The molecule has 5 aromatic carbocycles. The molecule has 1 spiro atoms. The summed E-state index contributed by atoms with van der Waals surface area (Å²) < 4.78 is 11.8. The molecule has 1 aliphatic carbocycles. The topological polar surface area (TPSA) is 38.7 Å². The smallest absolute Gasteiger partial charge is 0.457 e. The van der Waals surface area contributed by atoms with Crippen molar-refractivity contribution >= 4 is 12.6 Å². The normalized spacial score (nSPS) is 13.8. The maximum absolute atomic E-state index is 10.6. The van der Waals surface area contributed by atoms with Gasteiger partial charge in [0.15, 0.2) is 0 Å². The van der Waals surface area contributed by atoms with Crippen LogP contribution in [-0.4, -0.2) is 19.3 Å². The summed E-state index contributed by atoms with van der Waals surface area (Å²) in [7, 11) is 0.483. The van der Waals surface area contributed by atoms with E-state index in [0.29, 0.717) is 5.46 Å². The number of para-hydroxylation sites is 1. The van der Waals surface area contributed by atoms with Gasteiger partial charge in [-0.2, -0.15) is 0 Å². The van der Waals surface area contributed by atoms with Crippen LogP contribution in [0.4, 0.5) is 0 Å². The predicted molar refractivity (Wildman–Crippen MR) is 144 cm³/mol. The van der Waals surface area contributed by atoms with Gasteiger partial charge in [-0.1, -0.05) is 103 Å². The van der Waals surface area contributed by atoms with Gasteiger partial charge < -0.3 is 14.4 Å². The Bertz CT molecular complexity index is 1570. The third kappa shape index (κ3) is 2.77. The molecule has 0 atom stereocenters. The second kappa shape index (κ2) is 7.96. The fourth-order valence-electron chi connectivity index (χ4n) is 6.12. The molecule has 0 radical (unpaired) electrons. The number of benzene rings is 5. The zero-order valence-electron chi connectivity index (χ0n) is 19.8. The molecule has 7 rings (SSSR count). The molecule has 1 heterocycles. The standard InChI is InChI=1S/C32H23BO3/c1-35-33(34)21-18-19-31-29(20-21)32(28-16-8-9-17-30(28)36-31)26-14-6-4-12-24(26)22-10-2-3-11-23(22)25-13-5-7-15-27(25)32/h2-20,34H,1H3. The van der Waals surface area contributed by atoms with Crippen molar-refractivity contribution in [3.05, 3.63) is 138 Å². The number of ether oxygens (including phenoxy) is 1. The molecule has 3 nitrogen and oxygen atoms in total. The van der Waals surface area contributed by atoms with Gasteiger partial charge >= 0.3 is 7.12 Å². The Hall–Kier alpha value is -4.12. The molecule has 2 aliphatic rings. The lowest BCUT2D eigenvalue weighted by Gasteiger charge is -2.42. The van der Waals surface area contributed by atoms with Gasteiger partial charge in [-0.25, -0.2) is 0 Å². The molecule has 0 bridgehead atoms. The van der Waals surface area contributed by atoms with Crippen LogP contribution in [0.25, 0.3) is 22.3 Å². The van der Waals surface area contributed by atoms with Crippen LogP contribution in [0.2, 0.25) is 0 Å². The van der Waals surface area contributed by atoms with Crippen LogP contribution in [0, 0.1) is 0 Å². The first-order valence-electron chi connectivity index (χ1n) is 12.1. The minimum atomic E-state index is -1.03. The molecule has 1 N–H and O–H groups in total. The Balaban J connectivity index is 1.72. The van der Waals surface area contributed by atoms with Crippen molar-refractivity contribution in [3.63, 3.8) is 0 Å². The van der Waals surface area contributed by atoms with Crippen molar-refractivity contribution < 1.29 is 14.4 Å². The highest BCUT2D eigenvalue weighted by Crippen LogP contribution is 2.60. The van der Waals surface area contributed by atoms with Crippen LogP contribution in [0.1, 0.15) is 22.3 Å². The van der Waals surface area contributed by atoms with Gasteiger partial charge in [0.05, 0.1) is 5.41 Å². The maximum atomic E-state index is 10.6. The van der Waals surface area contributed by atoms with E-state index in [1.165, 1.54) is 40.5 Å². The van der Waals surface area contributed by atoms with Crippen molar-refractivity contribution in [1.82, 2.24) is 0 Å². The van der Waals surface area contributed by atoms with Crippen molar-refractivity contribution in [2.24, 2.45) is 0 Å². The van der Waals surface area contributed by atoms with E-state index >= 15 is 0 Å². The first-order chi connectivity index (χ1) is 17.7. The highest BCUT2D eigenvalue weighted by Gasteiger charge is 2.49. The molecule has 0 saturated heterocycles. The minimum absolute atomic E-state index is 0.667. The Kier molecular flexibility index (Phi) is 4.68. The SMILES string of the molecule is COB(O)c1ccc2c(c1)C1(c3ccccc3O2)c2ccccc2-c2ccccc2-c2ccccc21. The van der Waals surface area contributed by atoms with Gasteiger partial charge in [-0.15, -0.1) is 0 Å². The van der Waals surface area contributed by atoms with Crippen LogP contribution >= 0.6 is 0 Å². The second-order valence-electron chi connectivity index (χ2n) is 9.33. The monoisotopic (exact) mass is 466 g/mol. The Morgan fingerprint density at radius 3 is 1.69 bits per heavy atom. The van der Waals surface area contributed by atoms with Crippen LogP contribution in [0.5, 0.6) is 11.5 Å². The van der Waals surface area contributed by atoms with E-state index in [9.17, 15) is 5.02 Å².